The largest absolute Gasteiger partial charge is 0.492 e. The maximum absolute atomic E-state index is 11.8. The monoisotopic (exact) mass is 456 g/mol. The van der Waals surface area contributed by atoms with Crippen molar-refractivity contribution in [1.29, 1.82) is 0 Å². The third-order valence-electron chi connectivity index (χ3n) is 4.14. The van der Waals surface area contributed by atoms with E-state index in [4.69, 9.17) is 4.74 Å². The number of unbranched alkanes of at least 4 members (excludes halogenated alkanes) is 2. The van der Waals surface area contributed by atoms with E-state index in [1.165, 1.54) is 0 Å². The minimum Gasteiger partial charge on any atom is -0.492 e. The fraction of sp³-hybridized carbons (Fsp3) is 0.550. The number of rotatable bonds is 14. The van der Waals surface area contributed by atoms with Crippen LogP contribution in [0.5, 0.6) is 5.75 Å². The van der Waals surface area contributed by atoms with Gasteiger partial charge in [-0.2, -0.15) is 0 Å². The molecule has 0 aliphatic carbocycles. The molecular formula is C20H28N2O4S3. The number of benzene rings is 1. The van der Waals surface area contributed by atoms with E-state index in [2.05, 4.69) is 17.6 Å². The Morgan fingerprint density at radius 2 is 1.97 bits per heavy atom. The normalized spacial score (nSPS) is 16.0. The molecule has 1 aliphatic rings. The van der Waals surface area contributed by atoms with E-state index < -0.39 is 0 Å². The van der Waals surface area contributed by atoms with Crippen LogP contribution in [0.2, 0.25) is 0 Å². The van der Waals surface area contributed by atoms with Crippen molar-refractivity contribution in [3.63, 3.8) is 0 Å². The van der Waals surface area contributed by atoms with Crippen molar-refractivity contribution in [1.82, 2.24) is 10.6 Å². The van der Waals surface area contributed by atoms with Crippen LogP contribution < -0.4 is 15.4 Å². The van der Waals surface area contributed by atoms with E-state index in [1.807, 2.05) is 45.9 Å². The van der Waals surface area contributed by atoms with Gasteiger partial charge >= 0.3 is 0 Å². The second-order valence-corrected chi connectivity index (χ2v) is 10.5. The first-order valence-electron chi connectivity index (χ1n) is 9.83. The summed E-state index contributed by atoms with van der Waals surface area (Å²) in [6, 6.07) is 7.46. The molecular weight excluding hydrogens is 428 g/mol. The topological polar surface area (TPSA) is 84.5 Å². The Morgan fingerprint density at radius 3 is 2.66 bits per heavy atom. The van der Waals surface area contributed by atoms with Crippen LogP contribution in [0.15, 0.2) is 24.3 Å². The molecule has 0 saturated carbocycles. The summed E-state index contributed by atoms with van der Waals surface area (Å²) in [5, 5.41) is 4.52. The number of thioether (sulfide) groups is 1. The Bertz CT molecular complexity index is 670. The fourth-order valence-electron chi connectivity index (χ4n) is 2.68. The number of carbonyl (C=O) groups is 3. The lowest BCUT2D eigenvalue weighted by atomic mass is 10.1. The van der Waals surface area contributed by atoms with Gasteiger partial charge < -0.3 is 10.1 Å². The van der Waals surface area contributed by atoms with Crippen molar-refractivity contribution in [2.45, 2.75) is 44.3 Å². The predicted molar refractivity (Wildman–Crippen MR) is 123 cm³/mol. The van der Waals surface area contributed by atoms with Crippen molar-refractivity contribution in [3.05, 3.63) is 29.8 Å². The number of hydrogen-bond acceptors (Lipinski definition) is 7. The van der Waals surface area contributed by atoms with Gasteiger partial charge in [-0.3, -0.25) is 19.7 Å². The van der Waals surface area contributed by atoms with Crippen LogP contribution in [-0.4, -0.2) is 47.0 Å². The molecule has 1 saturated heterocycles. The average molecular weight is 457 g/mol. The molecule has 1 fully saturated rings. The van der Waals surface area contributed by atoms with Gasteiger partial charge in [-0.15, -0.1) is 0 Å². The number of nitrogens with one attached hydrogen (secondary N) is 2. The Labute approximate surface area is 184 Å². The predicted octanol–water partition coefficient (Wildman–Crippen LogP) is 4.04. The van der Waals surface area contributed by atoms with Crippen molar-refractivity contribution >= 4 is 50.4 Å². The molecule has 0 bridgehead atoms. The first-order valence-corrected chi connectivity index (χ1v) is 13.2. The van der Waals surface area contributed by atoms with E-state index in [9.17, 15) is 14.4 Å². The van der Waals surface area contributed by atoms with E-state index in [0.717, 1.165) is 48.1 Å². The summed E-state index contributed by atoms with van der Waals surface area (Å²) in [6.45, 7) is 3.04. The molecule has 1 aliphatic heterocycles. The third kappa shape index (κ3) is 9.82. The first kappa shape index (κ1) is 24.0. The second kappa shape index (κ2) is 13.8. The molecule has 160 valence electrons. The lowest BCUT2D eigenvalue weighted by Gasteiger charge is -2.09. The van der Waals surface area contributed by atoms with Gasteiger partial charge in [0.2, 0.25) is 11.8 Å². The van der Waals surface area contributed by atoms with E-state index >= 15 is 0 Å². The number of imide groups is 1. The zero-order valence-electron chi connectivity index (χ0n) is 16.6. The van der Waals surface area contributed by atoms with Crippen molar-refractivity contribution in [3.8, 4) is 5.75 Å². The highest BCUT2D eigenvalue weighted by Crippen LogP contribution is 2.24. The number of amides is 3. The van der Waals surface area contributed by atoms with Crippen molar-refractivity contribution < 1.29 is 19.1 Å². The molecule has 1 unspecified atom stereocenters. The Hall–Kier alpha value is -1.32. The first-order chi connectivity index (χ1) is 14.1. The summed E-state index contributed by atoms with van der Waals surface area (Å²) >= 11 is 1.03. The van der Waals surface area contributed by atoms with Crippen LogP contribution in [0.25, 0.3) is 0 Å². The minimum absolute atomic E-state index is 0.0708. The molecule has 2 rings (SSSR count). The van der Waals surface area contributed by atoms with E-state index in [-0.39, 0.29) is 22.3 Å². The highest BCUT2D eigenvalue weighted by Gasteiger charge is 2.31. The molecule has 0 aromatic heterocycles. The van der Waals surface area contributed by atoms with Gasteiger partial charge in [0.15, 0.2) is 0 Å². The van der Waals surface area contributed by atoms with Gasteiger partial charge in [-0.05, 0) is 37.0 Å². The molecule has 1 heterocycles. The third-order valence-corrected chi connectivity index (χ3v) is 7.68. The zero-order chi connectivity index (χ0) is 20.9. The summed E-state index contributed by atoms with van der Waals surface area (Å²) in [6.07, 6.45) is 4.24. The van der Waals surface area contributed by atoms with Crippen LogP contribution in [0, 0.1) is 0 Å². The van der Waals surface area contributed by atoms with Gasteiger partial charge in [0.1, 0.15) is 12.4 Å². The molecule has 1 aromatic carbocycles. The van der Waals surface area contributed by atoms with Crippen LogP contribution >= 0.6 is 33.3 Å². The molecule has 1 aromatic rings. The number of hydrogen-bond donors (Lipinski definition) is 2. The SMILES string of the molecule is CCSSCCCCCC(=O)NCCOc1ccc(CC2SC(=O)NC2=O)cc1. The van der Waals surface area contributed by atoms with Crippen LogP contribution in [-0.2, 0) is 16.0 Å². The lowest BCUT2D eigenvalue weighted by molar-refractivity contribution is -0.121. The summed E-state index contributed by atoms with van der Waals surface area (Å²) in [5.74, 6) is 2.84. The molecule has 0 spiro atoms. The lowest BCUT2D eigenvalue weighted by Crippen LogP contribution is -2.27. The van der Waals surface area contributed by atoms with Crippen LogP contribution in [0.1, 0.15) is 38.2 Å². The maximum Gasteiger partial charge on any atom is 0.286 e. The van der Waals surface area contributed by atoms with Crippen LogP contribution in [0.3, 0.4) is 0 Å². The number of ether oxygens (including phenoxy) is 1. The summed E-state index contributed by atoms with van der Waals surface area (Å²) < 4.78 is 5.64. The molecule has 1 atom stereocenters. The Kier molecular flexibility index (Phi) is 11.4. The molecule has 9 heteroatoms. The molecule has 6 nitrogen and oxygen atoms in total. The quantitative estimate of drug-likeness (QED) is 0.323. The molecule has 0 radical (unpaired) electrons. The van der Waals surface area contributed by atoms with Crippen molar-refractivity contribution in [2.24, 2.45) is 0 Å². The average Bonchev–Trinajstić information content (AvgIpc) is 3.02. The highest BCUT2D eigenvalue weighted by atomic mass is 33.1. The van der Waals surface area contributed by atoms with Crippen molar-refractivity contribution in [2.75, 3.05) is 24.7 Å². The maximum atomic E-state index is 11.8. The minimum atomic E-state index is -0.363. The van der Waals surface area contributed by atoms with Gasteiger partial charge in [0.05, 0.1) is 11.8 Å². The molecule has 29 heavy (non-hydrogen) atoms. The van der Waals surface area contributed by atoms with Gasteiger partial charge in [-0.25, -0.2) is 0 Å². The number of carbonyl (C=O) groups excluding carboxylic acids is 3. The second-order valence-electron chi connectivity index (χ2n) is 6.47. The highest BCUT2D eigenvalue weighted by molar-refractivity contribution is 8.76. The van der Waals surface area contributed by atoms with E-state index in [0.29, 0.717) is 31.7 Å². The van der Waals surface area contributed by atoms with E-state index in [1.54, 1.807) is 0 Å². The van der Waals surface area contributed by atoms with Crippen LogP contribution in [0.4, 0.5) is 4.79 Å². The Balaban J connectivity index is 1.53. The summed E-state index contributed by atoms with van der Waals surface area (Å²) in [5.41, 5.74) is 0.972. The Morgan fingerprint density at radius 1 is 1.17 bits per heavy atom. The zero-order valence-corrected chi connectivity index (χ0v) is 19.1. The summed E-state index contributed by atoms with van der Waals surface area (Å²) in [7, 11) is 3.79. The van der Waals surface area contributed by atoms with Gasteiger partial charge in [-0.1, -0.05) is 58.8 Å². The smallest absolute Gasteiger partial charge is 0.286 e. The summed E-state index contributed by atoms with van der Waals surface area (Å²) in [4.78, 5) is 34.6. The van der Waals surface area contributed by atoms with Gasteiger partial charge in [0, 0.05) is 17.9 Å². The standard InChI is InChI=1S/C20H28N2O4S3/c1-2-27-28-13-5-3-4-6-18(23)21-11-12-26-16-9-7-15(8-10-16)14-17-19(24)22-20(25)29-17/h7-10,17H,2-6,11-14H2,1H3,(H,21,23)(H,22,24,25). The molecule has 2 N–H and O–H groups in total. The fourth-order valence-corrected chi connectivity index (χ4v) is 5.35. The molecule has 3 amide bonds. The van der Waals surface area contributed by atoms with Gasteiger partial charge in [0.25, 0.3) is 5.24 Å².